The molecule has 0 amide bonds. The molecule has 238 valence electrons. The fraction of sp³-hybridized carbons (Fsp3) is 0.0667. The van der Waals surface area contributed by atoms with Crippen LogP contribution in [0.1, 0.15) is 33.4 Å². The van der Waals surface area contributed by atoms with Crippen molar-refractivity contribution in [3.8, 4) is 34.1 Å². The highest BCUT2D eigenvalue weighted by molar-refractivity contribution is 8.61. The quantitative estimate of drug-likeness (QED) is 0.148. The SMILES string of the molecule is Cc1ccc2c3c1Oc1cccc4c1[P+]3(S)c1c(ccc(C)c1O4)N2c1ccc2c(c1)-c1ccccc1C2(c1ccccc1)c1ccccc1. The lowest BCUT2D eigenvalue weighted by Crippen LogP contribution is -2.44. The van der Waals surface area contributed by atoms with Crippen molar-refractivity contribution in [1.82, 2.24) is 0 Å². The van der Waals surface area contributed by atoms with Gasteiger partial charge in [-0.25, -0.2) is 0 Å². The van der Waals surface area contributed by atoms with Gasteiger partial charge in [0.05, 0.1) is 16.8 Å². The van der Waals surface area contributed by atoms with Crippen LogP contribution >= 0.6 is 18.7 Å². The highest BCUT2D eigenvalue weighted by Crippen LogP contribution is 2.75. The summed E-state index contributed by atoms with van der Waals surface area (Å²) in [7, 11) is 0. The van der Waals surface area contributed by atoms with E-state index in [4.69, 9.17) is 21.7 Å². The van der Waals surface area contributed by atoms with Crippen LogP contribution in [0.3, 0.4) is 0 Å². The summed E-state index contributed by atoms with van der Waals surface area (Å²) in [5.41, 5.74) is 12.7. The Hall–Kier alpha value is -5.28. The number of aryl methyl sites for hydroxylation is 2. The summed E-state index contributed by atoms with van der Waals surface area (Å²) in [6, 6.07) is 53.0. The first-order valence-corrected chi connectivity index (χ1v) is 20.0. The second-order valence-electron chi connectivity index (χ2n) is 13.7. The van der Waals surface area contributed by atoms with Crippen molar-refractivity contribution in [1.29, 1.82) is 0 Å². The smallest absolute Gasteiger partial charge is 0.200 e. The lowest BCUT2D eigenvalue weighted by atomic mass is 9.68. The fourth-order valence-electron chi connectivity index (χ4n) is 9.09. The molecule has 0 radical (unpaired) electrons. The lowest BCUT2D eigenvalue weighted by molar-refractivity contribution is 0.462. The van der Waals surface area contributed by atoms with E-state index in [1.807, 2.05) is 6.07 Å². The van der Waals surface area contributed by atoms with Crippen molar-refractivity contribution in [3.05, 3.63) is 179 Å². The maximum Gasteiger partial charge on any atom is 0.200 e. The van der Waals surface area contributed by atoms with Gasteiger partial charge in [0.1, 0.15) is 0 Å². The molecule has 0 saturated heterocycles. The average Bonchev–Trinajstić information content (AvgIpc) is 3.45. The van der Waals surface area contributed by atoms with E-state index in [0.717, 1.165) is 56.5 Å². The van der Waals surface area contributed by atoms with Crippen LogP contribution in [0.5, 0.6) is 23.0 Å². The Kier molecular flexibility index (Phi) is 5.66. The Morgan fingerprint density at radius 2 is 1.06 bits per heavy atom. The predicted molar refractivity (Wildman–Crippen MR) is 209 cm³/mol. The summed E-state index contributed by atoms with van der Waals surface area (Å²) >= 11 is 5.80. The molecular weight excluding hydrogens is 650 g/mol. The van der Waals surface area contributed by atoms with Crippen LogP contribution in [0.2, 0.25) is 0 Å². The van der Waals surface area contributed by atoms with Crippen molar-refractivity contribution in [2.24, 2.45) is 0 Å². The number of nitrogens with zero attached hydrogens (tertiary/aromatic N) is 1. The van der Waals surface area contributed by atoms with E-state index in [1.165, 1.54) is 44.0 Å². The van der Waals surface area contributed by atoms with E-state index < -0.39 is 11.9 Å². The summed E-state index contributed by atoms with van der Waals surface area (Å²) in [6.07, 6.45) is 0. The second kappa shape index (κ2) is 9.91. The topological polar surface area (TPSA) is 21.7 Å². The first kappa shape index (κ1) is 28.5. The Morgan fingerprint density at radius 3 is 1.66 bits per heavy atom. The first-order chi connectivity index (χ1) is 24.5. The number of hydrogen-bond acceptors (Lipinski definition) is 4. The minimum atomic E-state index is -2.41. The molecule has 0 aromatic heterocycles. The largest absolute Gasteiger partial charge is 0.448 e. The molecule has 0 saturated carbocycles. The molecule has 0 fully saturated rings. The highest BCUT2D eigenvalue weighted by Gasteiger charge is 2.63. The number of ether oxygens (including phenoxy) is 2. The zero-order valence-corrected chi connectivity index (χ0v) is 29.3. The molecule has 7 aromatic rings. The molecule has 0 unspecified atom stereocenters. The molecule has 3 heterocycles. The van der Waals surface area contributed by atoms with Crippen LogP contribution in [-0.4, -0.2) is 0 Å². The summed E-state index contributed by atoms with van der Waals surface area (Å²) in [6.45, 7) is 1.87. The molecule has 5 heteroatoms. The third-order valence-corrected chi connectivity index (χ3v) is 16.2. The van der Waals surface area contributed by atoms with Crippen LogP contribution in [0.15, 0.2) is 146 Å². The number of benzene rings is 7. The summed E-state index contributed by atoms with van der Waals surface area (Å²) in [5, 5.41) is 3.43. The maximum atomic E-state index is 6.78. The molecule has 0 atom stereocenters. The van der Waals surface area contributed by atoms with Crippen molar-refractivity contribution in [3.63, 3.8) is 0 Å². The molecule has 1 aliphatic carbocycles. The lowest BCUT2D eigenvalue weighted by Gasteiger charge is -2.43. The van der Waals surface area contributed by atoms with Gasteiger partial charge >= 0.3 is 0 Å². The molecule has 0 spiro atoms. The van der Waals surface area contributed by atoms with Gasteiger partial charge in [-0.05, 0) is 94.8 Å². The van der Waals surface area contributed by atoms with Crippen LogP contribution in [0.25, 0.3) is 11.1 Å². The van der Waals surface area contributed by atoms with Crippen LogP contribution < -0.4 is 30.3 Å². The van der Waals surface area contributed by atoms with Crippen LogP contribution in [-0.2, 0) is 5.41 Å². The summed E-state index contributed by atoms with van der Waals surface area (Å²) in [5.74, 6) is 3.52. The van der Waals surface area contributed by atoms with Gasteiger partial charge in [0, 0.05) is 17.9 Å². The fourth-order valence-corrected chi connectivity index (χ4v) is 14.4. The van der Waals surface area contributed by atoms with Gasteiger partial charge < -0.3 is 14.4 Å². The third kappa shape index (κ3) is 3.36. The number of rotatable bonds is 3. The minimum Gasteiger partial charge on any atom is -0.448 e. The molecule has 0 N–H and O–H groups in total. The Balaban J connectivity index is 1.21. The number of fused-ring (bicyclic) bond motifs is 3. The highest BCUT2D eigenvalue weighted by atomic mass is 32.7. The molecule has 11 rings (SSSR count). The zero-order chi connectivity index (χ0) is 33.4. The maximum absolute atomic E-state index is 6.78. The van der Waals surface area contributed by atoms with E-state index in [2.05, 4.69) is 158 Å². The third-order valence-electron chi connectivity index (χ3n) is 11.2. The molecule has 3 aliphatic heterocycles. The van der Waals surface area contributed by atoms with Gasteiger partial charge in [0.25, 0.3) is 0 Å². The van der Waals surface area contributed by atoms with Gasteiger partial charge in [-0.2, -0.15) is 0 Å². The number of thiol groups is 1. The van der Waals surface area contributed by atoms with Crippen molar-refractivity contribution < 1.29 is 9.47 Å². The average molecular weight is 681 g/mol. The molecule has 0 bridgehead atoms. The number of hydrogen-bond donors (Lipinski definition) is 1. The van der Waals surface area contributed by atoms with E-state index in [9.17, 15) is 0 Å². The number of anilines is 3. The Morgan fingerprint density at radius 1 is 0.520 bits per heavy atom. The van der Waals surface area contributed by atoms with E-state index >= 15 is 0 Å². The standard InChI is InChI=1S/C45H31NO2PS/c1-27-20-24-36-42-40(27)47-38-18-11-19-39-44(38)49(42,50)43-37(25-21-28(2)41(43)48-39)46(36)31-22-23-35-33(26-31)32-16-9-10-17-34(32)45(35,29-12-5-3-6-13-29)30-14-7-4-8-15-30/h3-26,50H,1-2H3/q+1. The second-order valence-corrected chi connectivity index (χ2v) is 18.1. The molecule has 7 aromatic carbocycles. The zero-order valence-electron chi connectivity index (χ0n) is 27.5. The van der Waals surface area contributed by atoms with Gasteiger partial charge in [-0.3, -0.25) is 0 Å². The molecule has 50 heavy (non-hydrogen) atoms. The monoisotopic (exact) mass is 680 g/mol. The van der Waals surface area contributed by atoms with E-state index in [0.29, 0.717) is 0 Å². The Labute approximate surface area is 297 Å². The molecular formula is C45H31NO2PS+. The van der Waals surface area contributed by atoms with Crippen molar-refractivity contribution >= 4 is 51.7 Å². The van der Waals surface area contributed by atoms with E-state index in [-0.39, 0.29) is 0 Å². The normalized spacial score (nSPS) is 15.7. The first-order valence-electron chi connectivity index (χ1n) is 17.1. The predicted octanol–water partition coefficient (Wildman–Crippen LogP) is 10.8. The summed E-state index contributed by atoms with van der Waals surface area (Å²) in [4.78, 5) is 2.42. The van der Waals surface area contributed by atoms with Gasteiger partial charge in [0.15, 0.2) is 40.1 Å². The van der Waals surface area contributed by atoms with Gasteiger partial charge in [-0.15, -0.1) is 0 Å². The minimum absolute atomic E-state index is 0.450. The summed E-state index contributed by atoms with van der Waals surface area (Å²) < 4.78 is 13.6. The molecule has 4 aliphatic rings. The van der Waals surface area contributed by atoms with Crippen LogP contribution in [0, 0.1) is 13.8 Å². The Bertz CT molecular complexity index is 2480. The van der Waals surface area contributed by atoms with Crippen molar-refractivity contribution in [2.45, 2.75) is 19.3 Å². The van der Waals surface area contributed by atoms with Gasteiger partial charge in [-0.1, -0.05) is 109 Å². The van der Waals surface area contributed by atoms with E-state index in [1.54, 1.807) is 0 Å². The van der Waals surface area contributed by atoms with Crippen molar-refractivity contribution in [2.75, 3.05) is 4.90 Å². The van der Waals surface area contributed by atoms with Crippen LogP contribution in [0.4, 0.5) is 17.1 Å². The molecule has 3 nitrogen and oxygen atoms in total. The van der Waals surface area contributed by atoms with Gasteiger partial charge in [0.2, 0.25) is 5.30 Å².